The zero-order chi connectivity index (χ0) is 19.9. The molecular formula is C18H15F3N4O2S. The number of rotatable bonds is 3. The molecule has 0 N–H and O–H groups in total. The van der Waals surface area contributed by atoms with Gasteiger partial charge in [0.15, 0.2) is 0 Å². The van der Waals surface area contributed by atoms with Gasteiger partial charge in [-0.25, -0.2) is 4.98 Å². The first-order chi connectivity index (χ1) is 13.3. The summed E-state index contributed by atoms with van der Waals surface area (Å²) in [4.78, 5) is 35.0. The molecule has 1 aliphatic rings. The maximum atomic E-state index is 13.0. The minimum atomic E-state index is -4.58. The molecule has 0 bridgehead atoms. The van der Waals surface area contributed by atoms with E-state index in [1.807, 2.05) is 0 Å². The quantitative estimate of drug-likeness (QED) is 0.668. The van der Waals surface area contributed by atoms with Gasteiger partial charge in [-0.3, -0.25) is 19.1 Å². The lowest BCUT2D eigenvalue weighted by Crippen LogP contribution is -2.34. The molecule has 28 heavy (non-hydrogen) atoms. The summed E-state index contributed by atoms with van der Waals surface area (Å²) in [6, 6.07) is 2.33. The maximum Gasteiger partial charge on any atom is 0.433 e. The summed E-state index contributed by atoms with van der Waals surface area (Å²) in [5.74, 6) is -0.166. The highest BCUT2D eigenvalue weighted by Crippen LogP contribution is 2.34. The van der Waals surface area contributed by atoms with Gasteiger partial charge in [-0.15, -0.1) is 11.3 Å². The average molecular weight is 408 g/mol. The van der Waals surface area contributed by atoms with E-state index in [2.05, 4.69) is 9.97 Å². The number of amides is 1. The molecule has 4 rings (SSSR count). The van der Waals surface area contributed by atoms with E-state index in [9.17, 15) is 22.8 Å². The summed E-state index contributed by atoms with van der Waals surface area (Å²) in [5.41, 5.74) is -0.888. The minimum Gasteiger partial charge on any atom is -0.341 e. The Kier molecular flexibility index (Phi) is 4.66. The molecule has 0 unspecified atom stereocenters. The SMILES string of the molecule is O=C(Cn1cnc2scc(-c3ccnc(C(F)(F)F)c3)c2c1=O)N1CCCC1. The Morgan fingerprint density at radius 1 is 1.21 bits per heavy atom. The molecule has 0 aromatic carbocycles. The van der Waals surface area contributed by atoms with Crippen molar-refractivity contribution >= 4 is 27.5 Å². The molecule has 1 fully saturated rings. The van der Waals surface area contributed by atoms with Gasteiger partial charge in [0, 0.05) is 30.2 Å². The first-order valence-corrected chi connectivity index (χ1v) is 9.50. The van der Waals surface area contributed by atoms with Crippen molar-refractivity contribution in [2.75, 3.05) is 13.1 Å². The van der Waals surface area contributed by atoms with Crippen molar-refractivity contribution in [2.24, 2.45) is 0 Å². The van der Waals surface area contributed by atoms with Crippen molar-refractivity contribution in [3.63, 3.8) is 0 Å². The third-order valence-electron chi connectivity index (χ3n) is 4.69. The number of aromatic nitrogens is 3. The normalized spacial score (nSPS) is 14.8. The smallest absolute Gasteiger partial charge is 0.341 e. The molecular weight excluding hydrogens is 393 g/mol. The van der Waals surface area contributed by atoms with Crippen LogP contribution in [-0.4, -0.2) is 38.4 Å². The average Bonchev–Trinajstić information content (AvgIpc) is 3.33. The molecule has 1 aliphatic heterocycles. The van der Waals surface area contributed by atoms with Crippen LogP contribution < -0.4 is 5.56 Å². The second-order valence-electron chi connectivity index (χ2n) is 6.52. The number of thiophene rings is 1. The Morgan fingerprint density at radius 3 is 2.68 bits per heavy atom. The van der Waals surface area contributed by atoms with Crippen molar-refractivity contribution < 1.29 is 18.0 Å². The Labute approximate surface area is 161 Å². The molecule has 0 saturated carbocycles. The van der Waals surface area contributed by atoms with Crippen LogP contribution in [0.3, 0.4) is 0 Å². The Hall–Kier alpha value is -2.75. The number of hydrogen-bond donors (Lipinski definition) is 0. The van der Waals surface area contributed by atoms with Crippen molar-refractivity contribution in [1.29, 1.82) is 0 Å². The lowest BCUT2D eigenvalue weighted by atomic mass is 10.1. The van der Waals surface area contributed by atoms with Crippen molar-refractivity contribution in [3.05, 3.63) is 46.1 Å². The van der Waals surface area contributed by atoms with E-state index in [1.165, 1.54) is 28.3 Å². The molecule has 3 aromatic rings. The minimum absolute atomic E-state index is 0.138. The zero-order valence-corrected chi connectivity index (χ0v) is 15.4. The van der Waals surface area contributed by atoms with E-state index in [0.717, 1.165) is 25.1 Å². The second-order valence-corrected chi connectivity index (χ2v) is 7.38. The van der Waals surface area contributed by atoms with Crippen molar-refractivity contribution in [2.45, 2.75) is 25.6 Å². The number of hydrogen-bond acceptors (Lipinski definition) is 5. The van der Waals surface area contributed by atoms with Gasteiger partial charge < -0.3 is 4.90 Å². The van der Waals surface area contributed by atoms with Crippen LogP contribution in [0.25, 0.3) is 21.3 Å². The number of carbonyl (C=O) groups is 1. The van der Waals surface area contributed by atoms with Crippen LogP contribution in [0, 0.1) is 0 Å². The lowest BCUT2D eigenvalue weighted by molar-refractivity contribution is -0.141. The summed E-state index contributed by atoms with van der Waals surface area (Å²) in [6.45, 7) is 1.20. The summed E-state index contributed by atoms with van der Waals surface area (Å²) in [5, 5.41) is 1.81. The van der Waals surface area contributed by atoms with Gasteiger partial charge in [0.25, 0.3) is 5.56 Å². The summed E-state index contributed by atoms with van der Waals surface area (Å²) >= 11 is 1.17. The van der Waals surface area contributed by atoms with Gasteiger partial charge in [-0.1, -0.05) is 0 Å². The molecule has 0 aliphatic carbocycles. The largest absolute Gasteiger partial charge is 0.433 e. The van der Waals surface area contributed by atoms with E-state index in [-0.39, 0.29) is 23.4 Å². The number of carbonyl (C=O) groups excluding carboxylic acids is 1. The highest BCUT2D eigenvalue weighted by molar-refractivity contribution is 7.17. The zero-order valence-electron chi connectivity index (χ0n) is 14.6. The first kappa shape index (κ1) is 18.6. The van der Waals surface area contributed by atoms with Crippen molar-refractivity contribution in [3.8, 4) is 11.1 Å². The lowest BCUT2D eigenvalue weighted by Gasteiger charge is -2.15. The molecule has 4 heterocycles. The maximum absolute atomic E-state index is 13.0. The topological polar surface area (TPSA) is 68.1 Å². The summed E-state index contributed by atoms with van der Waals surface area (Å²) < 4.78 is 40.1. The van der Waals surface area contributed by atoms with Crippen LogP contribution in [0.1, 0.15) is 18.5 Å². The van der Waals surface area contributed by atoms with E-state index in [4.69, 9.17) is 0 Å². The second kappa shape index (κ2) is 7.01. The van der Waals surface area contributed by atoms with Crippen molar-refractivity contribution in [1.82, 2.24) is 19.4 Å². The van der Waals surface area contributed by atoms with Crippen LogP contribution in [0.2, 0.25) is 0 Å². The molecule has 6 nitrogen and oxygen atoms in total. The fraction of sp³-hybridized carbons (Fsp3) is 0.333. The van der Waals surface area contributed by atoms with E-state index >= 15 is 0 Å². The van der Waals surface area contributed by atoms with E-state index < -0.39 is 17.4 Å². The Bertz CT molecular complexity index is 1100. The molecule has 1 amide bonds. The summed E-state index contributed by atoms with van der Waals surface area (Å²) in [6.07, 6.45) is -0.325. The molecule has 0 spiro atoms. The molecule has 10 heteroatoms. The van der Waals surface area contributed by atoms with Gasteiger partial charge in [0.05, 0.1) is 11.7 Å². The van der Waals surface area contributed by atoms with Gasteiger partial charge in [-0.05, 0) is 30.5 Å². The number of likely N-dealkylation sites (tertiary alicyclic amines) is 1. The molecule has 146 valence electrons. The Balaban J connectivity index is 1.75. The van der Waals surface area contributed by atoms with Gasteiger partial charge in [0.1, 0.15) is 17.1 Å². The van der Waals surface area contributed by atoms with Crippen LogP contribution in [0.5, 0.6) is 0 Å². The van der Waals surface area contributed by atoms with E-state index in [0.29, 0.717) is 23.5 Å². The number of halogens is 3. The van der Waals surface area contributed by atoms with Crippen LogP contribution in [-0.2, 0) is 17.5 Å². The number of pyridine rings is 1. The predicted octanol–water partition coefficient (Wildman–Crippen LogP) is 3.16. The highest BCUT2D eigenvalue weighted by Gasteiger charge is 2.32. The molecule has 0 atom stereocenters. The fourth-order valence-electron chi connectivity index (χ4n) is 3.26. The van der Waals surface area contributed by atoms with Crippen LogP contribution >= 0.6 is 11.3 Å². The van der Waals surface area contributed by atoms with E-state index in [1.54, 1.807) is 10.3 Å². The third kappa shape index (κ3) is 3.39. The monoisotopic (exact) mass is 408 g/mol. The third-order valence-corrected chi connectivity index (χ3v) is 5.57. The molecule has 1 saturated heterocycles. The highest BCUT2D eigenvalue weighted by atomic mass is 32.1. The van der Waals surface area contributed by atoms with Crippen LogP contribution in [0.4, 0.5) is 13.2 Å². The van der Waals surface area contributed by atoms with Gasteiger partial charge in [-0.2, -0.15) is 13.2 Å². The number of nitrogens with zero attached hydrogens (tertiary/aromatic N) is 4. The van der Waals surface area contributed by atoms with Crippen LogP contribution in [0.15, 0.2) is 34.8 Å². The predicted molar refractivity (Wildman–Crippen MR) is 97.9 cm³/mol. The molecule has 0 radical (unpaired) electrons. The standard InChI is InChI=1S/C18H15F3N4O2S/c19-18(20,21)13-7-11(3-4-22-13)12-9-28-16-15(12)17(27)25(10-23-16)8-14(26)24-5-1-2-6-24/h3-4,7,9-10H,1-2,5-6,8H2. The number of alkyl halides is 3. The van der Waals surface area contributed by atoms with Gasteiger partial charge >= 0.3 is 6.18 Å². The number of fused-ring (bicyclic) bond motifs is 1. The fourth-order valence-corrected chi connectivity index (χ4v) is 4.16. The first-order valence-electron chi connectivity index (χ1n) is 8.62. The van der Waals surface area contributed by atoms with Gasteiger partial charge in [0.2, 0.25) is 5.91 Å². The Morgan fingerprint density at radius 2 is 1.96 bits per heavy atom. The molecule has 3 aromatic heterocycles. The summed E-state index contributed by atoms with van der Waals surface area (Å²) in [7, 11) is 0.